The van der Waals surface area contributed by atoms with Crippen LogP contribution in [0.25, 0.3) is 10.9 Å². The Labute approximate surface area is 138 Å². The third kappa shape index (κ3) is 4.42. The summed E-state index contributed by atoms with van der Waals surface area (Å²) in [5, 5.41) is 0.571. The molecule has 0 spiro atoms. The summed E-state index contributed by atoms with van der Waals surface area (Å²) in [6.45, 7) is 9.03. The summed E-state index contributed by atoms with van der Waals surface area (Å²) in [4.78, 5) is 4.51. The maximum Gasteiger partial charge on any atom is 0.241 e. The van der Waals surface area contributed by atoms with Crippen LogP contribution in [-0.4, -0.2) is 26.6 Å². The van der Waals surface area contributed by atoms with Gasteiger partial charge in [0.2, 0.25) is 10.0 Å². The standard InChI is InChI=1S/C17H24N2O3S/c1-5-22-14-8-9-15(13-7-6-11-18-16(13)14)23(20,21)19-12-10-17(2,3)4/h6-9,11,19H,5,10,12H2,1-4H3. The van der Waals surface area contributed by atoms with E-state index >= 15 is 0 Å². The summed E-state index contributed by atoms with van der Waals surface area (Å²) in [7, 11) is -3.59. The highest BCUT2D eigenvalue weighted by Crippen LogP contribution is 2.29. The molecule has 1 heterocycles. The molecule has 0 radical (unpaired) electrons. The van der Waals surface area contributed by atoms with Crippen LogP contribution < -0.4 is 9.46 Å². The molecule has 2 rings (SSSR count). The predicted molar refractivity (Wildman–Crippen MR) is 92.2 cm³/mol. The lowest BCUT2D eigenvalue weighted by molar-refractivity contribution is 0.343. The van der Waals surface area contributed by atoms with Crippen molar-refractivity contribution in [3.63, 3.8) is 0 Å². The van der Waals surface area contributed by atoms with E-state index in [0.717, 1.165) is 6.42 Å². The molecule has 5 nitrogen and oxygen atoms in total. The first kappa shape index (κ1) is 17.7. The highest BCUT2D eigenvalue weighted by atomic mass is 32.2. The Morgan fingerprint density at radius 2 is 1.96 bits per heavy atom. The molecule has 0 bridgehead atoms. The second-order valence-electron chi connectivity index (χ2n) is 6.60. The molecule has 1 aromatic heterocycles. The number of ether oxygens (including phenoxy) is 1. The van der Waals surface area contributed by atoms with Gasteiger partial charge >= 0.3 is 0 Å². The minimum absolute atomic E-state index is 0.0744. The first-order valence-electron chi connectivity index (χ1n) is 7.75. The van der Waals surface area contributed by atoms with Crippen molar-refractivity contribution in [3.8, 4) is 5.75 Å². The van der Waals surface area contributed by atoms with Crippen molar-refractivity contribution in [2.75, 3.05) is 13.2 Å². The van der Waals surface area contributed by atoms with E-state index in [1.165, 1.54) is 0 Å². The Hall–Kier alpha value is -1.66. The lowest BCUT2D eigenvalue weighted by atomic mass is 9.93. The summed E-state index contributed by atoms with van der Waals surface area (Å²) in [6, 6.07) is 6.72. The topological polar surface area (TPSA) is 68.3 Å². The molecular weight excluding hydrogens is 312 g/mol. The van der Waals surface area contributed by atoms with Crippen molar-refractivity contribution < 1.29 is 13.2 Å². The molecule has 1 aromatic carbocycles. The molecule has 0 fully saturated rings. The SMILES string of the molecule is CCOc1ccc(S(=O)(=O)NCCC(C)(C)C)c2cccnc12. The van der Waals surface area contributed by atoms with Gasteiger partial charge in [-0.1, -0.05) is 20.8 Å². The van der Waals surface area contributed by atoms with Crippen LogP contribution in [0.2, 0.25) is 0 Å². The number of rotatable bonds is 6. The van der Waals surface area contributed by atoms with Gasteiger partial charge in [0.1, 0.15) is 11.3 Å². The van der Waals surface area contributed by atoms with E-state index in [4.69, 9.17) is 4.74 Å². The molecule has 0 aliphatic carbocycles. The van der Waals surface area contributed by atoms with Crippen molar-refractivity contribution in [3.05, 3.63) is 30.5 Å². The molecule has 0 aliphatic heterocycles. The zero-order valence-electron chi connectivity index (χ0n) is 14.1. The molecule has 0 amide bonds. The van der Waals surface area contributed by atoms with Gasteiger partial charge in [-0.15, -0.1) is 0 Å². The molecule has 1 N–H and O–H groups in total. The molecule has 0 saturated carbocycles. The van der Waals surface area contributed by atoms with Gasteiger partial charge < -0.3 is 4.74 Å². The molecular formula is C17H24N2O3S. The minimum atomic E-state index is -3.59. The van der Waals surface area contributed by atoms with Crippen molar-refractivity contribution in [2.24, 2.45) is 5.41 Å². The first-order chi connectivity index (χ1) is 10.7. The second kappa shape index (κ2) is 6.84. The van der Waals surface area contributed by atoms with Crippen molar-refractivity contribution >= 4 is 20.9 Å². The lowest BCUT2D eigenvalue weighted by Gasteiger charge is -2.18. The van der Waals surface area contributed by atoms with Crippen molar-refractivity contribution in [1.82, 2.24) is 9.71 Å². The number of hydrogen-bond acceptors (Lipinski definition) is 4. The zero-order chi connectivity index (χ0) is 17.1. The van der Waals surface area contributed by atoms with E-state index in [1.54, 1.807) is 30.5 Å². The van der Waals surface area contributed by atoms with Gasteiger partial charge in [-0.3, -0.25) is 4.98 Å². The fourth-order valence-electron chi connectivity index (χ4n) is 2.27. The van der Waals surface area contributed by atoms with Crippen LogP contribution in [0.5, 0.6) is 5.75 Å². The Morgan fingerprint density at radius 3 is 2.61 bits per heavy atom. The zero-order valence-corrected chi connectivity index (χ0v) is 14.9. The first-order valence-corrected chi connectivity index (χ1v) is 9.23. The maximum atomic E-state index is 12.6. The summed E-state index contributed by atoms with van der Waals surface area (Å²) < 4.78 is 33.5. The van der Waals surface area contributed by atoms with Crippen LogP contribution in [0.15, 0.2) is 35.4 Å². The predicted octanol–water partition coefficient (Wildman–Crippen LogP) is 3.35. The largest absolute Gasteiger partial charge is 0.492 e. The van der Waals surface area contributed by atoms with Gasteiger partial charge in [0.15, 0.2) is 0 Å². The second-order valence-corrected chi connectivity index (χ2v) is 8.34. The Balaban J connectivity index is 2.37. The molecule has 126 valence electrons. The summed E-state index contributed by atoms with van der Waals surface area (Å²) in [6.07, 6.45) is 2.40. The van der Waals surface area contributed by atoms with Gasteiger partial charge in [0.25, 0.3) is 0 Å². The fourth-order valence-corrected chi connectivity index (χ4v) is 3.49. The van der Waals surface area contributed by atoms with Crippen molar-refractivity contribution in [1.29, 1.82) is 0 Å². The third-order valence-electron chi connectivity index (χ3n) is 3.45. The fraction of sp³-hybridized carbons (Fsp3) is 0.471. The minimum Gasteiger partial charge on any atom is -0.492 e. The van der Waals surface area contributed by atoms with Gasteiger partial charge in [-0.05, 0) is 43.0 Å². The third-order valence-corrected chi connectivity index (χ3v) is 4.97. The number of nitrogens with zero attached hydrogens (tertiary/aromatic N) is 1. The smallest absolute Gasteiger partial charge is 0.241 e. The number of sulfonamides is 1. The monoisotopic (exact) mass is 336 g/mol. The van der Waals surface area contributed by atoms with Crippen LogP contribution in [0, 0.1) is 5.41 Å². The Kier molecular flexibility index (Phi) is 5.26. The number of aromatic nitrogens is 1. The van der Waals surface area contributed by atoms with Gasteiger partial charge in [-0.2, -0.15) is 0 Å². The number of nitrogens with one attached hydrogen (secondary N) is 1. The molecule has 0 saturated heterocycles. The van der Waals surface area contributed by atoms with Crippen LogP contribution in [-0.2, 0) is 10.0 Å². The highest BCUT2D eigenvalue weighted by molar-refractivity contribution is 7.89. The van der Waals surface area contributed by atoms with Crippen molar-refractivity contribution in [2.45, 2.75) is 39.0 Å². The van der Waals surface area contributed by atoms with Crippen LogP contribution in [0.4, 0.5) is 0 Å². The molecule has 6 heteroatoms. The van der Waals surface area contributed by atoms with E-state index in [9.17, 15) is 8.42 Å². The van der Waals surface area contributed by atoms with Gasteiger partial charge in [0, 0.05) is 18.1 Å². The molecule has 0 unspecified atom stereocenters. The van der Waals surface area contributed by atoms with E-state index in [2.05, 4.69) is 30.5 Å². The maximum absolute atomic E-state index is 12.6. The van der Waals surface area contributed by atoms with E-state index in [0.29, 0.717) is 29.8 Å². The van der Waals surface area contributed by atoms with Gasteiger partial charge in [0.05, 0.1) is 11.5 Å². The van der Waals surface area contributed by atoms with E-state index in [-0.39, 0.29) is 10.3 Å². The average Bonchev–Trinajstić information content (AvgIpc) is 2.46. The lowest BCUT2D eigenvalue weighted by Crippen LogP contribution is -2.27. The number of fused-ring (bicyclic) bond motifs is 1. The highest BCUT2D eigenvalue weighted by Gasteiger charge is 2.20. The Morgan fingerprint density at radius 1 is 1.22 bits per heavy atom. The van der Waals surface area contributed by atoms with Crippen LogP contribution in [0.1, 0.15) is 34.1 Å². The molecule has 0 atom stereocenters. The summed E-state index contributed by atoms with van der Waals surface area (Å²) in [5.74, 6) is 0.594. The summed E-state index contributed by atoms with van der Waals surface area (Å²) >= 11 is 0. The quantitative estimate of drug-likeness (QED) is 0.878. The normalized spacial score (nSPS) is 12.5. The molecule has 2 aromatic rings. The molecule has 0 aliphatic rings. The number of hydrogen-bond donors (Lipinski definition) is 1. The number of benzene rings is 1. The van der Waals surface area contributed by atoms with Crippen LogP contribution >= 0.6 is 0 Å². The summed E-state index contributed by atoms with van der Waals surface area (Å²) in [5.41, 5.74) is 0.637. The average molecular weight is 336 g/mol. The van der Waals surface area contributed by atoms with E-state index in [1.807, 2.05) is 6.92 Å². The molecule has 23 heavy (non-hydrogen) atoms. The van der Waals surface area contributed by atoms with Gasteiger partial charge in [-0.25, -0.2) is 13.1 Å². The number of pyridine rings is 1. The van der Waals surface area contributed by atoms with E-state index < -0.39 is 10.0 Å². The Bertz CT molecular complexity index is 780. The van der Waals surface area contributed by atoms with Crippen LogP contribution in [0.3, 0.4) is 0 Å².